The van der Waals surface area contributed by atoms with E-state index in [1.807, 2.05) is 0 Å². The van der Waals surface area contributed by atoms with Crippen LogP contribution in [0.3, 0.4) is 0 Å². The molecule has 1 aliphatic carbocycles. The minimum atomic E-state index is -0.0375. The monoisotopic (exact) mass is 228 g/mol. The predicted molar refractivity (Wildman–Crippen MR) is 67.9 cm³/mol. The molecule has 0 saturated heterocycles. The van der Waals surface area contributed by atoms with Crippen molar-refractivity contribution < 1.29 is 4.74 Å². The molecule has 1 unspecified atom stereocenters. The summed E-state index contributed by atoms with van der Waals surface area (Å²) in [6, 6.07) is 0.264. The number of hydrazine groups is 1. The van der Waals surface area contributed by atoms with Crippen molar-refractivity contribution in [1.82, 2.24) is 5.43 Å². The van der Waals surface area contributed by atoms with Crippen LogP contribution in [0.25, 0.3) is 0 Å². The number of nitrogens with one attached hydrogen (secondary N) is 1. The van der Waals surface area contributed by atoms with Crippen LogP contribution in [0.4, 0.5) is 0 Å². The Morgan fingerprint density at radius 1 is 1.38 bits per heavy atom. The molecule has 0 aromatic heterocycles. The van der Waals surface area contributed by atoms with Gasteiger partial charge in [-0.15, -0.1) is 0 Å². The van der Waals surface area contributed by atoms with Gasteiger partial charge in [0.25, 0.3) is 0 Å². The number of hydrogen-bond donors (Lipinski definition) is 2. The van der Waals surface area contributed by atoms with Crippen LogP contribution < -0.4 is 11.3 Å². The van der Waals surface area contributed by atoms with Crippen LogP contribution in [0.2, 0.25) is 0 Å². The minimum Gasteiger partial charge on any atom is -0.374 e. The smallest absolute Gasteiger partial charge is 0.0850 e. The molecule has 0 aliphatic heterocycles. The molecule has 0 spiro atoms. The fourth-order valence-electron chi connectivity index (χ4n) is 3.04. The van der Waals surface area contributed by atoms with E-state index in [0.29, 0.717) is 5.92 Å². The first-order chi connectivity index (χ1) is 7.55. The Balaban J connectivity index is 2.78. The molecule has 0 bridgehead atoms. The highest BCUT2D eigenvalue weighted by Crippen LogP contribution is 2.39. The van der Waals surface area contributed by atoms with Crippen LogP contribution in [0.5, 0.6) is 0 Å². The van der Waals surface area contributed by atoms with Gasteiger partial charge in [0.1, 0.15) is 0 Å². The summed E-state index contributed by atoms with van der Waals surface area (Å²) >= 11 is 0. The van der Waals surface area contributed by atoms with Crippen molar-refractivity contribution in [2.24, 2.45) is 17.7 Å². The van der Waals surface area contributed by atoms with Gasteiger partial charge in [0.05, 0.1) is 11.6 Å². The minimum absolute atomic E-state index is 0.0375. The normalized spacial score (nSPS) is 33.0. The Kier molecular flexibility index (Phi) is 5.22. The molecule has 0 aromatic rings. The molecule has 3 nitrogen and oxygen atoms in total. The third-order valence-corrected chi connectivity index (χ3v) is 3.97. The number of nitrogens with two attached hydrogens (primary N) is 1. The lowest BCUT2D eigenvalue weighted by Gasteiger charge is -2.46. The maximum atomic E-state index is 6.09. The Labute approximate surface area is 100 Å². The van der Waals surface area contributed by atoms with Crippen LogP contribution in [0.15, 0.2) is 0 Å². The average Bonchev–Trinajstić information content (AvgIpc) is 2.23. The maximum absolute atomic E-state index is 6.09. The van der Waals surface area contributed by atoms with E-state index in [0.717, 1.165) is 25.4 Å². The molecule has 0 heterocycles. The molecule has 1 rings (SSSR count). The summed E-state index contributed by atoms with van der Waals surface area (Å²) < 4.78 is 6.09. The van der Waals surface area contributed by atoms with Gasteiger partial charge < -0.3 is 4.74 Å². The molecule has 3 N–H and O–H groups in total. The highest BCUT2D eigenvalue weighted by atomic mass is 16.5. The van der Waals surface area contributed by atoms with Gasteiger partial charge in [-0.1, -0.05) is 20.8 Å². The zero-order chi connectivity index (χ0) is 12.2. The van der Waals surface area contributed by atoms with Crippen LogP contribution in [0, 0.1) is 11.8 Å². The van der Waals surface area contributed by atoms with Crippen molar-refractivity contribution >= 4 is 0 Å². The third-order valence-electron chi connectivity index (χ3n) is 3.97. The summed E-state index contributed by atoms with van der Waals surface area (Å²) in [5.74, 6) is 7.06. The maximum Gasteiger partial charge on any atom is 0.0850 e. The van der Waals surface area contributed by atoms with Crippen molar-refractivity contribution in [3.8, 4) is 0 Å². The molecule has 96 valence electrons. The Hall–Kier alpha value is -0.120. The standard InChI is InChI=1S/C13H28N2O/c1-5-16-13(12(15-14)10(2)3)8-6-11(4)7-9-13/h10-12,15H,5-9,14H2,1-4H3. The van der Waals surface area contributed by atoms with Crippen molar-refractivity contribution in [2.45, 2.75) is 65.0 Å². The number of ether oxygens (including phenoxy) is 1. The van der Waals surface area contributed by atoms with Crippen molar-refractivity contribution in [3.63, 3.8) is 0 Å². The van der Waals surface area contributed by atoms with Crippen molar-refractivity contribution in [1.29, 1.82) is 0 Å². The highest BCUT2D eigenvalue weighted by Gasteiger charge is 2.42. The van der Waals surface area contributed by atoms with Crippen LogP contribution in [-0.2, 0) is 4.74 Å². The molecule has 1 aliphatic rings. The fourth-order valence-corrected chi connectivity index (χ4v) is 3.04. The summed E-state index contributed by atoms with van der Waals surface area (Å²) in [6.45, 7) is 9.61. The van der Waals surface area contributed by atoms with E-state index in [1.54, 1.807) is 0 Å². The second-order valence-electron chi connectivity index (χ2n) is 5.57. The molecule has 0 aromatic carbocycles. The third kappa shape index (κ3) is 2.96. The summed E-state index contributed by atoms with van der Waals surface area (Å²) in [5, 5.41) is 0. The van der Waals surface area contributed by atoms with E-state index in [2.05, 4.69) is 33.1 Å². The molecule has 0 radical (unpaired) electrons. The van der Waals surface area contributed by atoms with Gasteiger partial charge in [0, 0.05) is 6.61 Å². The first kappa shape index (κ1) is 13.9. The molecule has 0 amide bonds. The lowest BCUT2D eigenvalue weighted by Crippen LogP contribution is -2.58. The first-order valence-electron chi connectivity index (χ1n) is 6.65. The average molecular weight is 228 g/mol. The molecule has 1 fully saturated rings. The van der Waals surface area contributed by atoms with Gasteiger partial charge in [0.15, 0.2) is 0 Å². The Morgan fingerprint density at radius 2 is 1.94 bits per heavy atom. The molecule has 1 saturated carbocycles. The topological polar surface area (TPSA) is 47.3 Å². The van der Waals surface area contributed by atoms with E-state index in [-0.39, 0.29) is 11.6 Å². The quantitative estimate of drug-likeness (QED) is 0.561. The SMILES string of the molecule is CCOC1(C(NN)C(C)C)CCC(C)CC1. The van der Waals surface area contributed by atoms with Gasteiger partial charge in [-0.05, 0) is 44.4 Å². The number of hydrogen-bond acceptors (Lipinski definition) is 3. The van der Waals surface area contributed by atoms with Crippen molar-refractivity contribution in [3.05, 3.63) is 0 Å². The number of rotatable bonds is 5. The predicted octanol–water partition coefficient (Wildman–Crippen LogP) is 2.46. The van der Waals surface area contributed by atoms with E-state index in [1.165, 1.54) is 12.8 Å². The fraction of sp³-hybridized carbons (Fsp3) is 1.00. The molecule has 1 atom stereocenters. The zero-order valence-electron chi connectivity index (χ0n) is 11.3. The lowest BCUT2D eigenvalue weighted by atomic mass is 9.72. The highest BCUT2D eigenvalue weighted by molar-refractivity contribution is 4.97. The van der Waals surface area contributed by atoms with Gasteiger partial charge >= 0.3 is 0 Å². The lowest BCUT2D eigenvalue weighted by molar-refractivity contribution is -0.105. The second kappa shape index (κ2) is 5.99. The van der Waals surface area contributed by atoms with E-state index in [4.69, 9.17) is 10.6 Å². The van der Waals surface area contributed by atoms with Gasteiger partial charge in [0.2, 0.25) is 0 Å². The van der Waals surface area contributed by atoms with E-state index >= 15 is 0 Å². The summed E-state index contributed by atoms with van der Waals surface area (Å²) in [5.41, 5.74) is 2.95. The Bertz CT molecular complexity index is 198. The first-order valence-corrected chi connectivity index (χ1v) is 6.65. The van der Waals surface area contributed by atoms with E-state index in [9.17, 15) is 0 Å². The second-order valence-corrected chi connectivity index (χ2v) is 5.57. The van der Waals surface area contributed by atoms with Crippen molar-refractivity contribution in [2.75, 3.05) is 6.61 Å². The molecular formula is C13H28N2O. The molecule has 16 heavy (non-hydrogen) atoms. The zero-order valence-corrected chi connectivity index (χ0v) is 11.3. The summed E-state index contributed by atoms with van der Waals surface area (Å²) in [4.78, 5) is 0. The van der Waals surface area contributed by atoms with Crippen LogP contribution >= 0.6 is 0 Å². The Morgan fingerprint density at radius 3 is 2.31 bits per heavy atom. The van der Waals surface area contributed by atoms with E-state index < -0.39 is 0 Å². The largest absolute Gasteiger partial charge is 0.374 e. The molecular weight excluding hydrogens is 200 g/mol. The van der Waals surface area contributed by atoms with Crippen LogP contribution in [-0.4, -0.2) is 18.2 Å². The summed E-state index contributed by atoms with van der Waals surface area (Å²) in [6.07, 6.45) is 4.78. The van der Waals surface area contributed by atoms with Gasteiger partial charge in [-0.25, -0.2) is 0 Å². The summed E-state index contributed by atoms with van der Waals surface area (Å²) in [7, 11) is 0. The van der Waals surface area contributed by atoms with Gasteiger partial charge in [-0.3, -0.25) is 11.3 Å². The van der Waals surface area contributed by atoms with Gasteiger partial charge in [-0.2, -0.15) is 0 Å². The van der Waals surface area contributed by atoms with Crippen LogP contribution in [0.1, 0.15) is 53.4 Å². The molecule has 3 heteroatoms.